The third kappa shape index (κ3) is 4.23. The molecule has 0 aliphatic heterocycles. The highest BCUT2D eigenvalue weighted by Gasteiger charge is 2.23. The van der Waals surface area contributed by atoms with Gasteiger partial charge in [0.2, 0.25) is 0 Å². The van der Waals surface area contributed by atoms with Crippen molar-refractivity contribution in [3.8, 4) is 6.07 Å². The topological polar surface area (TPSA) is 23.8 Å². The number of allylic oxidation sites excluding steroid dienone is 3. The summed E-state index contributed by atoms with van der Waals surface area (Å²) >= 11 is 0. The molecule has 0 saturated heterocycles. The lowest BCUT2D eigenvalue weighted by Gasteiger charge is -2.24. The second kappa shape index (κ2) is 8.16. The minimum Gasteiger partial charge on any atom is -0.198 e. The average molecular weight is 219 g/mol. The summed E-state index contributed by atoms with van der Waals surface area (Å²) in [5.41, 5.74) is 1.23. The van der Waals surface area contributed by atoms with E-state index in [1.807, 2.05) is 6.08 Å². The van der Waals surface area contributed by atoms with Crippen LogP contribution in [0.25, 0.3) is 0 Å². The fraction of sp³-hybridized carbons (Fsp3) is 0.667. The molecule has 0 aliphatic rings. The molecule has 0 heterocycles. The molecule has 0 amide bonds. The first-order chi connectivity index (χ1) is 7.62. The Morgan fingerprint density at radius 1 is 1.38 bits per heavy atom. The van der Waals surface area contributed by atoms with Crippen LogP contribution in [-0.4, -0.2) is 0 Å². The van der Waals surface area contributed by atoms with Gasteiger partial charge in [-0.05, 0) is 23.8 Å². The Balaban J connectivity index is 4.77. The average Bonchev–Trinajstić information content (AvgIpc) is 2.30. The van der Waals surface area contributed by atoms with Gasteiger partial charge in [0.1, 0.15) is 0 Å². The van der Waals surface area contributed by atoms with Crippen LogP contribution in [0, 0.1) is 29.1 Å². The third-order valence-corrected chi connectivity index (χ3v) is 3.37. The largest absolute Gasteiger partial charge is 0.198 e. The Labute approximate surface area is 101 Å². The van der Waals surface area contributed by atoms with Crippen LogP contribution in [0.2, 0.25) is 0 Å². The lowest BCUT2D eigenvalue weighted by molar-refractivity contribution is 0.351. The standard InChI is InChI=1S/C15H25N/c1-6-9-10-14(8-3)13(5)15(11-16)12(4)7-2/h8,10,12-13,15H,3,6-7,9H2,1-2,4-5H3/b14-10-/t12?,13?,15-/m1/s1. The molecule has 0 fully saturated rings. The van der Waals surface area contributed by atoms with Gasteiger partial charge in [-0.1, -0.05) is 59.3 Å². The van der Waals surface area contributed by atoms with Crippen LogP contribution in [0.15, 0.2) is 24.3 Å². The molecule has 0 saturated carbocycles. The molecule has 0 spiro atoms. The number of nitriles is 1. The number of nitrogens with zero attached hydrogens (tertiary/aromatic N) is 1. The molecule has 2 unspecified atom stereocenters. The zero-order valence-corrected chi connectivity index (χ0v) is 11.2. The van der Waals surface area contributed by atoms with Gasteiger partial charge < -0.3 is 0 Å². The summed E-state index contributed by atoms with van der Waals surface area (Å²) in [6.45, 7) is 12.5. The highest BCUT2D eigenvalue weighted by atomic mass is 14.3. The fourth-order valence-corrected chi connectivity index (χ4v) is 1.96. The van der Waals surface area contributed by atoms with Crippen molar-refractivity contribution in [2.45, 2.75) is 47.0 Å². The Hall–Kier alpha value is -1.03. The molecule has 0 aliphatic carbocycles. The van der Waals surface area contributed by atoms with E-state index < -0.39 is 0 Å². The first-order valence-corrected chi connectivity index (χ1v) is 6.34. The SMILES string of the molecule is C=C/C(=C/CCC)C(C)[C@H](C#N)C(C)CC. The van der Waals surface area contributed by atoms with Crippen molar-refractivity contribution in [2.75, 3.05) is 0 Å². The molecular weight excluding hydrogens is 194 g/mol. The summed E-state index contributed by atoms with van der Waals surface area (Å²) in [6, 6.07) is 2.46. The monoisotopic (exact) mass is 219 g/mol. The van der Waals surface area contributed by atoms with Gasteiger partial charge in [-0.25, -0.2) is 0 Å². The maximum atomic E-state index is 9.26. The van der Waals surface area contributed by atoms with Crippen LogP contribution >= 0.6 is 0 Å². The van der Waals surface area contributed by atoms with Crippen molar-refractivity contribution < 1.29 is 0 Å². The van der Waals surface area contributed by atoms with Crippen molar-refractivity contribution in [1.82, 2.24) is 0 Å². The Morgan fingerprint density at radius 3 is 2.38 bits per heavy atom. The van der Waals surface area contributed by atoms with Crippen molar-refractivity contribution in [2.24, 2.45) is 17.8 Å². The second-order valence-electron chi connectivity index (χ2n) is 4.53. The fourth-order valence-electron chi connectivity index (χ4n) is 1.96. The van der Waals surface area contributed by atoms with Crippen molar-refractivity contribution >= 4 is 0 Å². The molecule has 0 aromatic rings. The van der Waals surface area contributed by atoms with E-state index >= 15 is 0 Å². The first-order valence-electron chi connectivity index (χ1n) is 6.34. The van der Waals surface area contributed by atoms with E-state index in [4.69, 9.17) is 0 Å². The predicted molar refractivity (Wildman–Crippen MR) is 70.9 cm³/mol. The van der Waals surface area contributed by atoms with Gasteiger partial charge in [0.25, 0.3) is 0 Å². The zero-order chi connectivity index (χ0) is 12.6. The third-order valence-electron chi connectivity index (χ3n) is 3.37. The Morgan fingerprint density at radius 2 is 2.00 bits per heavy atom. The zero-order valence-electron chi connectivity index (χ0n) is 11.2. The highest BCUT2D eigenvalue weighted by molar-refractivity contribution is 5.21. The molecule has 90 valence electrons. The smallest absolute Gasteiger partial charge is 0.0664 e. The van der Waals surface area contributed by atoms with E-state index in [9.17, 15) is 5.26 Å². The predicted octanol–water partition coefficient (Wildman–Crippen LogP) is 4.72. The summed E-state index contributed by atoms with van der Waals surface area (Å²) in [5, 5.41) is 9.26. The van der Waals surface area contributed by atoms with Gasteiger partial charge in [-0.2, -0.15) is 5.26 Å². The van der Waals surface area contributed by atoms with E-state index in [0.717, 1.165) is 19.3 Å². The molecule has 0 aromatic heterocycles. The van der Waals surface area contributed by atoms with Gasteiger partial charge >= 0.3 is 0 Å². The van der Waals surface area contributed by atoms with Crippen molar-refractivity contribution in [3.63, 3.8) is 0 Å². The summed E-state index contributed by atoms with van der Waals surface area (Å²) in [5.74, 6) is 0.847. The van der Waals surface area contributed by atoms with Gasteiger partial charge in [0, 0.05) is 0 Å². The summed E-state index contributed by atoms with van der Waals surface area (Å²) in [6.07, 6.45) is 7.41. The van der Waals surface area contributed by atoms with E-state index in [-0.39, 0.29) is 5.92 Å². The van der Waals surface area contributed by atoms with E-state index in [2.05, 4.69) is 46.4 Å². The molecular formula is C15H25N. The molecule has 1 heteroatoms. The lowest BCUT2D eigenvalue weighted by atomic mass is 9.79. The molecule has 0 N–H and O–H groups in total. The molecule has 0 radical (unpaired) electrons. The van der Waals surface area contributed by atoms with Crippen LogP contribution < -0.4 is 0 Å². The minimum absolute atomic E-state index is 0.103. The van der Waals surface area contributed by atoms with Crippen LogP contribution in [0.1, 0.15) is 47.0 Å². The van der Waals surface area contributed by atoms with Crippen LogP contribution in [0.4, 0.5) is 0 Å². The van der Waals surface area contributed by atoms with E-state index in [1.54, 1.807) is 0 Å². The molecule has 0 rings (SSSR count). The quantitative estimate of drug-likeness (QED) is 0.568. The van der Waals surface area contributed by atoms with Gasteiger partial charge in [-0.15, -0.1) is 0 Å². The normalized spacial score (nSPS) is 17.3. The van der Waals surface area contributed by atoms with Crippen LogP contribution in [-0.2, 0) is 0 Å². The number of unbranched alkanes of at least 4 members (excludes halogenated alkanes) is 1. The molecule has 16 heavy (non-hydrogen) atoms. The van der Waals surface area contributed by atoms with E-state index in [1.165, 1.54) is 5.57 Å². The van der Waals surface area contributed by atoms with Gasteiger partial charge in [0.15, 0.2) is 0 Å². The number of hydrogen-bond donors (Lipinski definition) is 0. The van der Waals surface area contributed by atoms with Crippen molar-refractivity contribution in [1.29, 1.82) is 5.26 Å². The van der Waals surface area contributed by atoms with Crippen molar-refractivity contribution in [3.05, 3.63) is 24.3 Å². The lowest BCUT2D eigenvalue weighted by Crippen LogP contribution is -2.19. The summed E-state index contributed by atoms with van der Waals surface area (Å²) in [4.78, 5) is 0. The maximum absolute atomic E-state index is 9.26. The minimum atomic E-state index is 0.103. The van der Waals surface area contributed by atoms with Gasteiger partial charge in [0.05, 0.1) is 12.0 Å². The number of rotatable bonds is 7. The van der Waals surface area contributed by atoms with E-state index in [0.29, 0.717) is 11.8 Å². The van der Waals surface area contributed by atoms with Crippen LogP contribution in [0.5, 0.6) is 0 Å². The highest BCUT2D eigenvalue weighted by Crippen LogP contribution is 2.29. The summed E-state index contributed by atoms with van der Waals surface area (Å²) < 4.78 is 0. The molecule has 0 aromatic carbocycles. The van der Waals surface area contributed by atoms with Crippen LogP contribution in [0.3, 0.4) is 0 Å². The molecule has 0 bridgehead atoms. The summed E-state index contributed by atoms with van der Waals surface area (Å²) in [7, 11) is 0. The Bertz CT molecular complexity index is 270. The van der Waals surface area contributed by atoms with Gasteiger partial charge in [-0.3, -0.25) is 0 Å². The number of hydrogen-bond acceptors (Lipinski definition) is 1. The molecule has 3 atom stereocenters. The Kier molecular flexibility index (Phi) is 7.64. The molecule has 1 nitrogen and oxygen atoms in total. The second-order valence-corrected chi connectivity index (χ2v) is 4.53. The first kappa shape index (κ1) is 15.0. The maximum Gasteiger partial charge on any atom is 0.0664 e.